The molecule has 0 heterocycles. The van der Waals surface area contributed by atoms with Gasteiger partial charge in [-0.25, -0.2) is 0 Å². The van der Waals surface area contributed by atoms with Gasteiger partial charge in [-0.2, -0.15) is 6.92 Å². The standard InChI is InChI=1S/C5H10.C3H6.C2H5.W/c1-4-5(2)3;1-3-2;1-2;/h2,4H2,1,3H3;1H,3H2,2H3;1H2,2H3;/q;;-1;. The van der Waals surface area contributed by atoms with E-state index in [0.717, 1.165) is 6.42 Å². The van der Waals surface area contributed by atoms with E-state index in [1.54, 1.807) is 26.3 Å². The summed E-state index contributed by atoms with van der Waals surface area (Å²) in [5.41, 5.74) is 1.25. The van der Waals surface area contributed by atoms with Crippen molar-refractivity contribution in [3.05, 3.63) is 19.1 Å². The second-order valence-electron chi connectivity index (χ2n) is 1.89. The summed E-state index contributed by atoms with van der Waals surface area (Å²) in [5, 5.41) is 0. The van der Waals surface area contributed by atoms with Crippen molar-refractivity contribution in [2.75, 3.05) is 0 Å². The summed E-state index contributed by atoms with van der Waals surface area (Å²) in [6.45, 7) is 14.9. The van der Waals surface area contributed by atoms with Crippen LogP contribution in [0, 0.1) is 6.92 Å². The molecule has 11 heavy (non-hydrogen) atoms. The molecular weight excluding hydrogens is 304 g/mol. The van der Waals surface area contributed by atoms with Crippen molar-refractivity contribution in [2.45, 2.75) is 40.5 Å². The molecule has 68 valence electrons. The predicted molar refractivity (Wildman–Crippen MR) is 52.5 cm³/mol. The molecule has 0 atom stereocenters. The largest absolute Gasteiger partial charge is 0.346 e. The Hall–Kier alpha value is 0.298. The van der Waals surface area contributed by atoms with Crippen LogP contribution < -0.4 is 0 Å². The van der Waals surface area contributed by atoms with E-state index in [1.807, 2.05) is 6.92 Å². The van der Waals surface area contributed by atoms with Crippen LogP contribution in [0.1, 0.15) is 40.5 Å². The summed E-state index contributed by atoms with van der Waals surface area (Å²) in [5.74, 6) is 0. The fourth-order valence-corrected chi connectivity index (χ4v) is 0. The molecule has 0 amide bonds. The summed E-state index contributed by atoms with van der Waals surface area (Å²) < 4.78 is 2.21. The van der Waals surface area contributed by atoms with E-state index in [9.17, 15) is 0 Å². The minimum absolute atomic E-state index is 1.11. The molecule has 0 radical (unpaired) electrons. The second-order valence-corrected chi connectivity index (χ2v) is 3.08. The molecule has 0 nitrogen and oxygen atoms in total. The van der Waals surface area contributed by atoms with Crippen LogP contribution in [0.25, 0.3) is 0 Å². The van der Waals surface area contributed by atoms with Crippen molar-refractivity contribution < 1.29 is 19.4 Å². The number of hydrogen-bond acceptors (Lipinski definition) is 0. The zero-order valence-corrected chi connectivity index (χ0v) is 11.2. The molecule has 0 bridgehead atoms. The summed E-state index contributed by atoms with van der Waals surface area (Å²) in [7, 11) is 0. The molecular formula is C10H21W-. The minimum atomic E-state index is 1.11. The number of hydrogen-bond donors (Lipinski definition) is 0. The van der Waals surface area contributed by atoms with Crippen LogP contribution >= 0.6 is 0 Å². The maximum atomic E-state index is 3.67. The van der Waals surface area contributed by atoms with E-state index in [4.69, 9.17) is 0 Å². The van der Waals surface area contributed by atoms with Gasteiger partial charge in [-0.05, 0) is 13.3 Å². The van der Waals surface area contributed by atoms with Gasteiger partial charge in [0, 0.05) is 0 Å². The molecule has 0 N–H and O–H groups in total. The Kier molecular flexibility index (Phi) is 35.5. The van der Waals surface area contributed by atoms with E-state index in [0.29, 0.717) is 0 Å². The molecule has 0 aliphatic carbocycles. The predicted octanol–water partition coefficient (Wildman–Crippen LogP) is 3.56. The fraction of sp³-hybridized carbons (Fsp3) is 0.600. The van der Waals surface area contributed by atoms with Crippen LogP contribution in [0.4, 0.5) is 0 Å². The molecule has 0 aliphatic heterocycles. The Morgan fingerprint density at radius 1 is 1.45 bits per heavy atom. The second kappa shape index (κ2) is 22.4. The van der Waals surface area contributed by atoms with Crippen LogP contribution in [0.3, 0.4) is 0 Å². The van der Waals surface area contributed by atoms with Gasteiger partial charge in [-0.1, -0.05) is 12.5 Å². The Morgan fingerprint density at radius 3 is 1.64 bits per heavy atom. The first-order valence-electron chi connectivity index (χ1n) is 3.97. The Balaban J connectivity index is -0.0000000965. The Labute approximate surface area is 83.5 Å². The molecule has 0 unspecified atom stereocenters. The van der Waals surface area contributed by atoms with Crippen LogP contribution in [0.2, 0.25) is 0 Å². The van der Waals surface area contributed by atoms with E-state index in [1.165, 1.54) is 12.0 Å². The summed E-state index contributed by atoms with van der Waals surface area (Å²) in [4.78, 5) is 0. The summed E-state index contributed by atoms with van der Waals surface area (Å²) >= 11 is 1.58. The quantitative estimate of drug-likeness (QED) is 0.538. The first kappa shape index (κ1) is 17.4. The van der Waals surface area contributed by atoms with Gasteiger partial charge in [0.2, 0.25) is 0 Å². The minimum Gasteiger partial charge on any atom is -0.346 e. The molecule has 0 fully saturated rings. The molecule has 0 spiro atoms. The van der Waals surface area contributed by atoms with Gasteiger partial charge in [-0.3, -0.25) is 0 Å². The van der Waals surface area contributed by atoms with Gasteiger partial charge in [-0.15, -0.1) is 6.58 Å². The monoisotopic (exact) mass is 325 g/mol. The van der Waals surface area contributed by atoms with Crippen LogP contribution in [0.5, 0.6) is 0 Å². The Morgan fingerprint density at radius 2 is 1.64 bits per heavy atom. The fourth-order valence-electron chi connectivity index (χ4n) is 0. The average molecular weight is 325 g/mol. The molecule has 0 saturated carbocycles. The number of allylic oxidation sites excluding steroid dienone is 1. The molecule has 0 aromatic carbocycles. The molecule has 0 rings (SSSR count). The zero-order valence-electron chi connectivity index (χ0n) is 8.31. The third-order valence-corrected chi connectivity index (χ3v) is 1.97. The molecule has 0 saturated heterocycles. The topological polar surface area (TPSA) is 0 Å². The average Bonchev–Trinajstić information content (AvgIpc) is 2.08. The first-order chi connectivity index (χ1) is 5.18. The maximum absolute atomic E-state index is 3.67. The summed E-state index contributed by atoms with van der Waals surface area (Å²) in [6, 6.07) is 0. The van der Waals surface area contributed by atoms with Gasteiger partial charge in [0.25, 0.3) is 0 Å². The number of rotatable bonds is 2. The first-order valence-corrected chi connectivity index (χ1v) is 5.67. The van der Waals surface area contributed by atoms with Crippen molar-refractivity contribution in [1.29, 1.82) is 0 Å². The van der Waals surface area contributed by atoms with E-state index < -0.39 is 0 Å². The third kappa shape index (κ3) is 65.2. The van der Waals surface area contributed by atoms with Crippen molar-refractivity contribution in [2.24, 2.45) is 0 Å². The van der Waals surface area contributed by atoms with Gasteiger partial charge < -0.3 is 6.92 Å². The van der Waals surface area contributed by atoms with E-state index in [-0.39, 0.29) is 0 Å². The van der Waals surface area contributed by atoms with Gasteiger partial charge >= 0.3 is 37.1 Å². The summed E-state index contributed by atoms with van der Waals surface area (Å²) in [6.07, 6.45) is 2.34. The molecule has 0 aromatic heterocycles. The third-order valence-electron chi connectivity index (χ3n) is 0.770. The Bertz CT molecular complexity index is 74.9. The SMILES string of the molecule is C=C(C)CC.CC[CH]=[W].[CH2-]C. The molecule has 0 aromatic rings. The van der Waals surface area contributed by atoms with Crippen molar-refractivity contribution >= 4 is 4.40 Å². The maximum Gasteiger partial charge on any atom is -0.194 e. The smallest absolute Gasteiger partial charge is 0.194 e. The molecule has 0 aliphatic rings. The van der Waals surface area contributed by atoms with E-state index >= 15 is 0 Å². The van der Waals surface area contributed by atoms with Gasteiger partial charge in [0.1, 0.15) is 0 Å². The normalized spacial score (nSPS) is 6.27. The molecule has 1 heteroatoms. The van der Waals surface area contributed by atoms with E-state index in [2.05, 4.69) is 31.8 Å². The van der Waals surface area contributed by atoms with Crippen LogP contribution in [0.15, 0.2) is 12.2 Å². The van der Waals surface area contributed by atoms with Crippen LogP contribution in [-0.4, -0.2) is 4.40 Å². The van der Waals surface area contributed by atoms with Gasteiger partial charge in [0.05, 0.1) is 0 Å². The van der Waals surface area contributed by atoms with Crippen LogP contribution in [-0.2, 0) is 19.4 Å². The van der Waals surface area contributed by atoms with Crippen molar-refractivity contribution in [1.82, 2.24) is 0 Å². The van der Waals surface area contributed by atoms with Crippen molar-refractivity contribution in [3.63, 3.8) is 0 Å². The zero-order chi connectivity index (χ0) is 9.70. The van der Waals surface area contributed by atoms with Crippen molar-refractivity contribution in [3.8, 4) is 0 Å². The van der Waals surface area contributed by atoms with Gasteiger partial charge in [0.15, 0.2) is 0 Å².